The zero-order valence-electron chi connectivity index (χ0n) is 16.3. The first-order chi connectivity index (χ1) is 12.3. The highest BCUT2D eigenvalue weighted by molar-refractivity contribution is 5.95. The maximum Gasteiger partial charge on any atom is 0.257 e. The molecule has 1 aliphatic heterocycles. The van der Waals surface area contributed by atoms with Gasteiger partial charge in [-0.1, -0.05) is 19.0 Å². The molecule has 0 saturated carbocycles. The Morgan fingerprint density at radius 2 is 2.08 bits per heavy atom. The van der Waals surface area contributed by atoms with Crippen molar-refractivity contribution in [3.8, 4) is 0 Å². The first-order valence-corrected chi connectivity index (χ1v) is 9.25. The molecule has 1 saturated heterocycles. The zero-order valence-corrected chi connectivity index (χ0v) is 16.3. The molecule has 0 aliphatic carbocycles. The third kappa shape index (κ3) is 3.98. The minimum atomic E-state index is -0.0849. The van der Waals surface area contributed by atoms with Crippen molar-refractivity contribution in [2.75, 3.05) is 26.2 Å². The predicted octanol–water partition coefficient (Wildman–Crippen LogP) is 3.13. The van der Waals surface area contributed by atoms with Gasteiger partial charge in [-0.05, 0) is 39.2 Å². The van der Waals surface area contributed by atoms with Gasteiger partial charge in [-0.2, -0.15) is 4.98 Å². The Morgan fingerprint density at radius 3 is 2.65 bits per heavy atom. The summed E-state index contributed by atoms with van der Waals surface area (Å²) in [4.78, 5) is 21.8. The van der Waals surface area contributed by atoms with Gasteiger partial charge in [-0.25, -0.2) is 0 Å². The van der Waals surface area contributed by atoms with Crippen LogP contribution in [0.2, 0.25) is 0 Å². The summed E-state index contributed by atoms with van der Waals surface area (Å²) in [5.41, 5.74) is 0.639. The molecule has 142 valence electrons. The summed E-state index contributed by atoms with van der Waals surface area (Å²) >= 11 is 0. The van der Waals surface area contributed by atoms with Gasteiger partial charge in [0.05, 0.1) is 5.56 Å². The Kier molecular flexibility index (Phi) is 5.46. The van der Waals surface area contributed by atoms with Gasteiger partial charge in [0.2, 0.25) is 5.89 Å². The van der Waals surface area contributed by atoms with Gasteiger partial charge in [-0.15, -0.1) is 0 Å². The molecule has 1 amide bonds. The molecular weight excluding hydrogens is 332 g/mol. The van der Waals surface area contributed by atoms with Crippen molar-refractivity contribution in [3.63, 3.8) is 0 Å². The standard InChI is InChI=1S/C19H28N4O3/c1-12(2)10-22-7-6-8-23(11-17(22)18-20-15(5)21-26-18)19(24)16-9-13(3)25-14(16)4/h9,12,17H,6-8,10-11H2,1-5H3. The quantitative estimate of drug-likeness (QED) is 0.834. The molecule has 2 aromatic rings. The van der Waals surface area contributed by atoms with E-state index in [9.17, 15) is 4.79 Å². The zero-order chi connectivity index (χ0) is 18.8. The molecular formula is C19H28N4O3. The van der Waals surface area contributed by atoms with Crippen LogP contribution < -0.4 is 0 Å². The highest BCUT2D eigenvalue weighted by Gasteiger charge is 2.33. The lowest BCUT2D eigenvalue weighted by atomic mass is 10.1. The monoisotopic (exact) mass is 360 g/mol. The van der Waals surface area contributed by atoms with Crippen LogP contribution in [-0.4, -0.2) is 52.0 Å². The minimum Gasteiger partial charge on any atom is -0.466 e. The lowest BCUT2D eigenvalue weighted by Gasteiger charge is -2.30. The number of furan rings is 1. The number of nitrogens with zero attached hydrogens (tertiary/aromatic N) is 4. The second kappa shape index (κ2) is 7.61. The van der Waals surface area contributed by atoms with E-state index in [1.165, 1.54) is 0 Å². The Morgan fingerprint density at radius 1 is 1.31 bits per heavy atom. The molecule has 3 rings (SSSR count). The van der Waals surface area contributed by atoms with Crippen LogP contribution >= 0.6 is 0 Å². The number of carbonyl (C=O) groups is 1. The molecule has 1 unspecified atom stereocenters. The summed E-state index contributed by atoms with van der Waals surface area (Å²) in [6, 6.07) is 1.73. The van der Waals surface area contributed by atoms with Gasteiger partial charge in [0, 0.05) is 26.2 Å². The Hall–Kier alpha value is -2.15. The van der Waals surface area contributed by atoms with Crippen molar-refractivity contribution < 1.29 is 13.7 Å². The van der Waals surface area contributed by atoms with Gasteiger partial charge < -0.3 is 13.8 Å². The average molecular weight is 360 g/mol. The molecule has 7 heteroatoms. The summed E-state index contributed by atoms with van der Waals surface area (Å²) in [5, 5.41) is 3.95. The molecule has 3 heterocycles. The van der Waals surface area contributed by atoms with Crippen LogP contribution in [0.4, 0.5) is 0 Å². The molecule has 2 aromatic heterocycles. The van der Waals surface area contributed by atoms with Crippen molar-refractivity contribution in [2.24, 2.45) is 5.92 Å². The molecule has 0 bridgehead atoms. The fraction of sp³-hybridized carbons (Fsp3) is 0.632. The first kappa shape index (κ1) is 18.6. The van der Waals surface area contributed by atoms with E-state index in [1.54, 1.807) is 0 Å². The Balaban J connectivity index is 1.87. The molecule has 7 nitrogen and oxygen atoms in total. The van der Waals surface area contributed by atoms with Gasteiger partial charge in [0.1, 0.15) is 17.6 Å². The highest BCUT2D eigenvalue weighted by Crippen LogP contribution is 2.27. The molecule has 0 N–H and O–H groups in total. The van der Waals surface area contributed by atoms with Crippen molar-refractivity contribution in [1.29, 1.82) is 0 Å². The molecule has 0 spiro atoms. The first-order valence-electron chi connectivity index (χ1n) is 9.25. The summed E-state index contributed by atoms with van der Waals surface area (Å²) in [7, 11) is 0. The van der Waals surface area contributed by atoms with Gasteiger partial charge in [0.15, 0.2) is 5.82 Å². The van der Waals surface area contributed by atoms with E-state index in [-0.39, 0.29) is 11.9 Å². The Labute approximate surface area is 154 Å². The van der Waals surface area contributed by atoms with Crippen LogP contribution in [0, 0.1) is 26.7 Å². The van der Waals surface area contributed by atoms with Crippen molar-refractivity contribution in [2.45, 2.75) is 47.1 Å². The van der Waals surface area contributed by atoms with E-state index in [0.717, 1.165) is 25.3 Å². The lowest BCUT2D eigenvalue weighted by molar-refractivity contribution is 0.0707. The van der Waals surface area contributed by atoms with E-state index in [4.69, 9.17) is 8.94 Å². The molecule has 1 fully saturated rings. The van der Waals surface area contributed by atoms with Gasteiger partial charge >= 0.3 is 0 Å². The summed E-state index contributed by atoms with van der Waals surface area (Å²) in [5.74, 6) is 3.15. The smallest absolute Gasteiger partial charge is 0.257 e. The number of amides is 1. The highest BCUT2D eigenvalue weighted by atomic mass is 16.5. The molecule has 1 atom stereocenters. The molecule has 0 radical (unpaired) electrons. The number of carbonyl (C=O) groups excluding carboxylic acids is 1. The van der Waals surface area contributed by atoms with E-state index in [2.05, 4.69) is 28.9 Å². The fourth-order valence-corrected chi connectivity index (χ4v) is 3.60. The largest absolute Gasteiger partial charge is 0.466 e. The number of hydrogen-bond acceptors (Lipinski definition) is 6. The topological polar surface area (TPSA) is 75.6 Å². The van der Waals surface area contributed by atoms with Crippen LogP contribution in [0.1, 0.15) is 59.9 Å². The maximum absolute atomic E-state index is 13.1. The Bertz CT molecular complexity index is 765. The summed E-state index contributed by atoms with van der Waals surface area (Å²) in [6.45, 7) is 13.0. The van der Waals surface area contributed by atoms with Crippen LogP contribution in [0.5, 0.6) is 0 Å². The van der Waals surface area contributed by atoms with Crippen molar-refractivity contribution >= 4 is 5.91 Å². The van der Waals surface area contributed by atoms with Gasteiger partial charge in [-0.3, -0.25) is 9.69 Å². The van der Waals surface area contributed by atoms with Gasteiger partial charge in [0.25, 0.3) is 5.91 Å². The van der Waals surface area contributed by atoms with E-state index >= 15 is 0 Å². The predicted molar refractivity (Wildman–Crippen MR) is 96.9 cm³/mol. The third-order valence-electron chi connectivity index (χ3n) is 4.69. The van der Waals surface area contributed by atoms with E-state index in [0.29, 0.717) is 42.0 Å². The van der Waals surface area contributed by atoms with E-state index in [1.807, 2.05) is 31.7 Å². The maximum atomic E-state index is 13.1. The number of aryl methyl sites for hydroxylation is 3. The van der Waals surface area contributed by atoms with Crippen LogP contribution in [-0.2, 0) is 0 Å². The fourth-order valence-electron chi connectivity index (χ4n) is 3.60. The van der Waals surface area contributed by atoms with Crippen LogP contribution in [0.3, 0.4) is 0 Å². The van der Waals surface area contributed by atoms with Crippen molar-refractivity contribution in [3.05, 3.63) is 34.9 Å². The van der Waals surface area contributed by atoms with Crippen LogP contribution in [0.15, 0.2) is 15.0 Å². The SMILES string of the molecule is Cc1noc(C2CN(C(=O)c3cc(C)oc3C)CCCN2CC(C)C)n1. The molecule has 1 aliphatic rings. The number of hydrogen-bond donors (Lipinski definition) is 0. The summed E-state index contributed by atoms with van der Waals surface area (Å²) < 4.78 is 11.0. The minimum absolute atomic E-state index is 0.00647. The van der Waals surface area contributed by atoms with E-state index < -0.39 is 0 Å². The second-order valence-electron chi connectivity index (χ2n) is 7.52. The van der Waals surface area contributed by atoms with Crippen LogP contribution in [0.25, 0.3) is 0 Å². The number of rotatable bonds is 4. The average Bonchev–Trinajstić information content (AvgIpc) is 3.06. The molecule has 26 heavy (non-hydrogen) atoms. The second-order valence-corrected chi connectivity index (χ2v) is 7.52. The van der Waals surface area contributed by atoms with Crippen molar-refractivity contribution in [1.82, 2.24) is 19.9 Å². The molecule has 0 aromatic carbocycles. The normalized spacial score (nSPS) is 19.2. The number of aromatic nitrogens is 2. The third-order valence-corrected chi connectivity index (χ3v) is 4.69. The lowest BCUT2D eigenvalue weighted by Crippen LogP contribution is -2.39. The summed E-state index contributed by atoms with van der Waals surface area (Å²) in [6.07, 6.45) is 0.915.